The van der Waals surface area contributed by atoms with Crippen LogP contribution in [0.15, 0.2) is 34.1 Å². The third-order valence-corrected chi connectivity index (χ3v) is 2.77. The number of nitrogens with zero attached hydrogens (tertiary/aromatic N) is 2. The fourth-order valence-electron chi connectivity index (χ4n) is 1.60. The minimum Gasteiger partial charge on any atom is -0.370 e. The Labute approximate surface area is 114 Å². The molecule has 2 aromatic rings. The number of anilines is 1. The van der Waals surface area contributed by atoms with E-state index in [0.29, 0.717) is 6.54 Å². The van der Waals surface area contributed by atoms with Gasteiger partial charge in [0.15, 0.2) is 0 Å². The summed E-state index contributed by atoms with van der Waals surface area (Å²) in [5.74, 6) is 0.776. The number of halogens is 1. The molecule has 2 aromatic heterocycles. The van der Waals surface area contributed by atoms with Crippen LogP contribution in [0.4, 0.5) is 5.82 Å². The van der Waals surface area contributed by atoms with Crippen LogP contribution in [-0.2, 0) is 6.54 Å². The Morgan fingerprint density at radius 2 is 2.21 bits per heavy atom. The molecule has 2 rings (SSSR count). The summed E-state index contributed by atoms with van der Waals surface area (Å²) in [6.45, 7) is 3.08. The maximum Gasteiger partial charge on any atom is 0.328 e. The van der Waals surface area contributed by atoms with Crippen molar-refractivity contribution in [1.29, 1.82) is 0 Å². The van der Waals surface area contributed by atoms with Gasteiger partial charge < -0.3 is 5.32 Å². The Morgan fingerprint density at radius 3 is 2.84 bits per heavy atom. The first kappa shape index (κ1) is 13.4. The molecular formula is C12H13ClN4O2. The Hall–Kier alpha value is -2.08. The summed E-state index contributed by atoms with van der Waals surface area (Å²) in [5, 5.41) is 3.06. The summed E-state index contributed by atoms with van der Waals surface area (Å²) in [6.07, 6.45) is 2.99. The average molecular weight is 281 g/mol. The van der Waals surface area contributed by atoms with E-state index in [9.17, 15) is 9.59 Å². The second-order valence-corrected chi connectivity index (χ2v) is 4.35. The SMILES string of the molecule is CCNc1ccc(Cn2cc(Cl)c(=O)[nH]c2=O)cn1. The standard InChI is InChI=1S/C12H13ClN4O2/c1-2-14-10-4-3-8(5-15-10)6-17-7-9(13)11(18)16-12(17)19/h3-5,7H,2,6H2,1H3,(H,14,15)(H,16,18,19). The third-order valence-electron chi connectivity index (χ3n) is 2.50. The predicted molar refractivity (Wildman–Crippen MR) is 73.8 cm³/mol. The van der Waals surface area contributed by atoms with Gasteiger partial charge in [0.05, 0.1) is 6.54 Å². The van der Waals surface area contributed by atoms with Gasteiger partial charge in [-0.2, -0.15) is 0 Å². The van der Waals surface area contributed by atoms with E-state index >= 15 is 0 Å². The van der Waals surface area contributed by atoms with Gasteiger partial charge in [0, 0.05) is 18.9 Å². The molecule has 0 atom stereocenters. The maximum absolute atomic E-state index is 11.6. The Bertz CT molecular complexity index is 675. The smallest absolute Gasteiger partial charge is 0.328 e. The summed E-state index contributed by atoms with van der Waals surface area (Å²) < 4.78 is 1.33. The van der Waals surface area contributed by atoms with Gasteiger partial charge >= 0.3 is 5.69 Å². The molecule has 0 aliphatic heterocycles. The Balaban J connectivity index is 2.24. The van der Waals surface area contributed by atoms with Gasteiger partial charge in [0.2, 0.25) is 0 Å². The fraction of sp³-hybridized carbons (Fsp3) is 0.250. The molecule has 0 aromatic carbocycles. The second kappa shape index (κ2) is 5.71. The van der Waals surface area contributed by atoms with Crippen molar-refractivity contribution in [1.82, 2.24) is 14.5 Å². The third kappa shape index (κ3) is 3.23. The van der Waals surface area contributed by atoms with E-state index in [1.807, 2.05) is 19.1 Å². The molecule has 0 bridgehead atoms. The van der Waals surface area contributed by atoms with Crippen LogP contribution in [0.3, 0.4) is 0 Å². The lowest BCUT2D eigenvalue weighted by Gasteiger charge is -2.06. The number of rotatable bonds is 4. The Kier molecular flexibility index (Phi) is 4.01. The molecule has 0 aliphatic carbocycles. The van der Waals surface area contributed by atoms with Crippen LogP contribution < -0.4 is 16.6 Å². The highest BCUT2D eigenvalue weighted by molar-refractivity contribution is 6.30. The van der Waals surface area contributed by atoms with Crippen molar-refractivity contribution in [2.45, 2.75) is 13.5 Å². The van der Waals surface area contributed by atoms with E-state index in [4.69, 9.17) is 11.6 Å². The molecule has 0 aliphatic rings. The molecule has 0 amide bonds. The summed E-state index contributed by atoms with van der Waals surface area (Å²) in [5.41, 5.74) is -0.236. The van der Waals surface area contributed by atoms with Crippen LogP contribution in [0, 0.1) is 0 Å². The first-order valence-electron chi connectivity index (χ1n) is 5.78. The van der Waals surface area contributed by atoms with E-state index in [0.717, 1.165) is 17.9 Å². The zero-order valence-corrected chi connectivity index (χ0v) is 11.1. The first-order chi connectivity index (χ1) is 9.10. The number of hydrogen-bond donors (Lipinski definition) is 2. The average Bonchev–Trinajstić information content (AvgIpc) is 2.38. The van der Waals surface area contributed by atoms with Crippen molar-refractivity contribution in [2.75, 3.05) is 11.9 Å². The molecule has 2 N–H and O–H groups in total. The van der Waals surface area contributed by atoms with Gasteiger partial charge in [-0.05, 0) is 18.6 Å². The molecule has 0 fully saturated rings. The second-order valence-electron chi connectivity index (χ2n) is 3.95. The van der Waals surface area contributed by atoms with Crippen molar-refractivity contribution in [3.05, 3.63) is 56.0 Å². The number of pyridine rings is 1. The highest BCUT2D eigenvalue weighted by Gasteiger charge is 2.03. The largest absolute Gasteiger partial charge is 0.370 e. The molecule has 0 unspecified atom stereocenters. The molecule has 0 saturated carbocycles. The van der Waals surface area contributed by atoms with E-state index in [2.05, 4.69) is 15.3 Å². The van der Waals surface area contributed by atoms with Crippen LogP contribution in [0.25, 0.3) is 0 Å². The molecule has 19 heavy (non-hydrogen) atoms. The highest BCUT2D eigenvalue weighted by atomic mass is 35.5. The summed E-state index contributed by atoms with van der Waals surface area (Å²) >= 11 is 5.69. The van der Waals surface area contributed by atoms with Crippen LogP contribution in [0.1, 0.15) is 12.5 Å². The van der Waals surface area contributed by atoms with Gasteiger partial charge in [0.25, 0.3) is 5.56 Å². The van der Waals surface area contributed by atoms with E-state index in [1.165, 1.54) is 10.8 Å². The van der Waals surface area contributed by atoms with Crippen LogP contribution in [0.2, 0.25) is 5.02 Å². The molecule has 6 nitrogen and oxygen atoms in total. The molecule has 7 heteroatoms. The van der Waals surface area contributed by atoms with Crippen molar-refractivity contribution in [2.24, 2.45) is 0 Å². The van der Waals surface area contributed by atoms with Gasteiger partial charge in [-0.25, -0.2) is 9.78 Å². The molecule has 0 spiro atoms. The van der Waals surface area contributed by atoms with Gasteiger partial charge in [0.1, 0.15) is 10.8 Å². The highest BCUT2D eigenvalue weighted by Crippen LogP contribution is 2.06. The number of aromatic amines is 1. The van der Waals surface area contributed by atoms with Gasteiger partial charge in [-0.1, -0.05) is 17.7 Å². The number of hydrogen-bond acceptors (Lipinski definition) is 4. The fourth-order valence-corrected chi connectivity index (χ4v) is 1.77. The van der Waals surface area contributed by atoms with Crippen molar-refractivity contribution >= 4 is 17.4 Å². The van der Waals surface area contributed by atoms with Crippen molar-refractivity contribution in [3.63, 3.8) is 0 Å². The first-order valence-corrected chi connectivity index (χ1v) is 6.16. The molecule has 100 valence electrons. The lowest BCUT2D eigenvalue weighted by Crippen LogP contribution is -2.29. The zero-order valence-electron chi connectivity index (χ0n) is 10.3. The number of aromatic nitrogens is 3. The van der Waals surface area contributed by atoms with E-state index in [-0.39, 0.29) is 5.02 Å². The molecule has 2 heterocycles. The maximum atomic E-state index is 11.6. The minimum absolute atomic E-state index is 0.0168. The lowest BCUT2D eigenvalue weighted by molar-refractivity contribution is 0.718. The lowest BCUT2D eigenvalue weighted by atomic mass is 10.3. The number of H-pyrrole nitrogens is 1. The van der Waals surface area contributed by atoms with E-state index < -0.39 is 11.2 Å². The zero-order chi connectivity index (χ0) is 13.8. The summed E-state index contributed by atoms with van der Waals surface area (Å²) in [4.78, 5) is 29.1. The predicted octanol–water partition coefficient (Wildman–Crippen LogP) is 1.07. The molecule has 0 radical (unpaired) electrons. The monoisotopic (exact) mass is 280 g/mol. The van der Waals surface area contributed by atoms with Crippen LogP contribution in [0.5, 0.6) is 0 Å². The number of nitrogens with one attached hydrogen (secondary N) is 2. The van der Waals surface area contributed by atoms with Crippen molar-refractivity contribution in [3.8, 4) is 0 Å². The van der Waals surface area contributed by atoms with Crippen molar-refractivity contribution < 1.29 is 0 Å². The normalized spacial score (nSPS) is 10.4. The summed E-state index contributed by atoms with van der Waals surface area (Å²) in [7, 11) is 0. The summed E-state index contributed by atoms with van der Waals surface area (Å²) in [6, 6.07) is 3.69. The quantitative estimate of drug-likeness (QED) is 0.878. The molecule has 0 saturated heterocycles. The van der Waals surface area contributed by atoms with Crippen LogP contribution >= 0.6 is 11.6 Å². The van der Waals surface area contributed by atoms with Crippen LogP contribution in [-0.4, -0.2) is 21.1 Å². The Morgan fingerprint density at radius 1 is 1.42 bits per heavy atom. The minimum atomic E-state index is -0.580. The van der Waals surface area contributed by atoms with Gasteiger partial charge in [-0.15, -0.1) is 0 Å². The van der Waals surface area contributed by atoms with Gasteiger partial charge in [-0.3, -0.25) is 14.3 Å². The molecular weight excluding hydrogens is 268 g/mol. The van der Waals surface area contributed by atoms with E-state index in [1.54, 1.807) is 6.20 Å². The topological polar surface area (TPSA) is 79.8 Å².